The number of hydrogen-bond acceptors (Lipinski definition) is 3. The van der Waals surface area contributed by atoms with Gasteiger partial charge in [-0.15, -0.1) is 5.10 Å². The van der Waals surface area contributed by atoms with Gasteiger partial charge in [-0.1, -0.05) is 25.0 Å². The fraction of sp³-hybridized carbons (Fsp3) is 0.727. The van der Waals surface area contributed by atoms with Gasteiger partial charge in [0.05, 0.1) is 5.69 Å². The van der Waals surface area contributed by atoms with Crippen LogP contribution >= 0.6 is 0 Å². The van der Waals surface area contributed by atoms with Gasteiger partial charge >= 0.3 is 5.97 Å². The fourth-order valence-electron chi connectivity index (χ4n) is 1.91. The maximum atomic E-state index is 11.0. The quantitative estimate of drug-likeness (QED) is 0.749. The van der Waals surface area contributed by atoms with E-state index in [0.29, 0.717) is 5.92 Å². The Morgan fingerprint density at radius 1 is 1.50 bits per heavy atom. The zero-order valence-electron chi connectivity index (χ0n) is 9.52. The van der Waals surface area contributed by atoms with Crippen molar-refractivity contribution in [3.63, 3.8) is 0 Å². The summed E-state index contributed by atoms with van der Waals surface area (Å²) in [5.41, 5.74) is 0.989. The Bertz CT molecular complexity index is 383. The van der Waals surface area contributed by atoms with Gasteiger partial charge in [-0.05, 0) is 19.3 Å². The Balaban J connectivity index is 2.14. The van der Waals surface area contributed by atoms with E-state index in [9.17, 15) is 4.79 Å². The Kier molecular flexibility index (Phi) is 3.22. The van der Waals surface area contributed by atoms with Gasteiger partial charge in [0.25, 0.3) is 0 Å². The molecule has 1 N–H and O–H groups in total. The molecule has 16 heavy (non-hydrogen) atoms. The number of carbonyl (C=O) groups is 1. The van der Waals surface area contributed by atoms with Crippen molar-refractivity contribution in [2.75, 3.05) is 0 Å². The molecular formula is C11H17N3O2. The molecule has 1 fully saturated rings. The first-order chi connectivity index (χ1) is 7.74. The molecule has 88 valence electrons. The minimum atomic E-state index is -0.955. The van der Waals surface area contributed by atoms with Crippen molar-refractivity contribution in [3.8, 4) is 0 Å². The highest BCUT2D eigenvalue weighted by molar-refractivity contribution is 5.86. The van der Waals surface area contributed by atoms with Crippen molar-refractivity contribution in [1.29, 1.82) is 0 Å². The molecule has 0 amide bonds. The first kappa shape index (κ1) is 11.1. The normalized spacial score (nSPS) is 15.3. The number of carboxylic acid groups (broad SMARTS) is 1. The number of hydrogen-bond donors (Lipinski definition) is 1. The first-order valence-corrected chi connectivity index (χ1v) is 5.90. The van der Waals surface area contributed by atoms with E-state index >= 15 is 0 Å². The first-order valence-electron chi connectivity index (χ1n) is 5.90. The molecule has 1 aliphatic rings. The topological polar surface area (TPSA) is 68.0 Å². The lowest BCUT2D eigenvalue weighted by Crippen LogP contribution is -2.07. The van der Waals surface area contributed by atoms with Gasteiger partial charge in [-0.25, -0.2) is 9.48 Å². The number of nitrogens with zero attached hydrogens (tertiary/aromatic N) is 3. The zero-order valence-corrected chi connectivity index (χ0v) is 9.52. The third-order valence-electron chi connectivity index (χ3n) is 2.91. The molecule has 1 aromatic heterocycles. The molecule has 5 nitrogen and oxygen atoms in total. The Hall–Kier alpha value is -1.39. The van der Waals surface area contributed by atoms with Gasteiger partial charge < -0.3 is 5.11 Å². The van der Waals surface area contributed by atoms with Gasteiger partial charge in [-0.2, -0.15) is 0 Å². The van der Waals surface area contributed by atoms with Crippen LogP contribution in [0.5, 0.6) is 0 Å². The van der Waals surface area contributed by atoms with Crippen LogP contribution in [0.4, 0.5) is 0 Å². The maximum Gasteiger partial charge on any atom is 0.358 e. The summed E-state index contributed by atoms with van der Waals surface area (Å²) in [4.78, 5) is 11.0. The number of rotatable bonds is 6. The Labute approximate surface area is 94.5 Å². The van der Waals surface area contributed by atoms with Crippen LogP contribution in [-0.2, 0) is 6.54 Å². The summed E-state index contributed by atoms with van der Waals surface area (Å²) in [6, 6.07) is 0. The second kappa shape index (κ2) is 4.63. The van der Waals surface area contributed by atoms with E-state index in [1.807, 2.05) is 0 Å². The summed E-state index contributed by atoms with van der Waals surface area (Å²) >= 11 is 0. The molecule has 0 atom stereocenters. The predicted octanol–water partition coefficient (Wildman–Crippen LogP) is 2.04. The second-order valence-corrected chi connectivity index (χ2v) is 4.33. The molecule has 1 heterocycles. The number of unbranched alkanes of at least 4 members (excludes halogenated alkanes) is 2. The lowest BCUT2D eigenvalue weighted by molar-refractivity contribution is 0.0689. The van der Waals surface area contributed by atoms with Crippen LogP contribution in [0.3, 0.4) is 0 Å². The molecular weight excluding hydrogens is 206 g/mol. The molecule has 0 unspecified atom stereocenters. The van der Waals surface area contributed by atoms with Crippen molar-refractivity contribution >= 4 is 5.97 Å². The number of carboxylic acids is 1. The number of aromatic nitrogens is 3. The average Bonchev–Trinajstić information content (AvgIpc) is 3.00. The van der Waals surface area contributed by atoms with E-state index in [1.165, 1.54) is 0 Å². The number of aryl methyl sites for hydroxylation is 1. The summed E-state index contributed by atoms with van der Waals surface area (Å²) < 4.78 is 1.79. The lowest BCUT2D eigenvalue weighted by atomic mass is 10.2. The van der Waals surface area contributed by atoms with Crippen molar-refractivity contribution in [2.24, 2.45) is 0 Å². The molecule has 1 aromatic rings. The van der Waals surface area contributed by atoms with Crippen LogP contribution in [0.1, 0.15) is 61.1 Å². The van der Waals surface area contributed by atoms with Crippen LogP contribution in [0.2, 0.25) is 0 Å². The standard InChI is InChI=1S/C11H17N3O2/c1-2-3-4-7-14-10(8-5-6-8)9(11(15)16)12-13-14/h8H,2-7H2,1H3,(H,15,16). The van der Waals surface area contributed by atoms with Crippen LogP contribution in [0.15, 0.2) is 0 Å². The molecule has 0 aliphatic heterocycles. The van der Waals surface area contributed by atoms with Crippen molar-refractivity contribution in [2.45, 2.75) is 51.5 Å². The van der Waals surface area contributed by atoms with E-state index in [2.05, 4.69) is 17.2 Å². The molecule has 1 saturated carbocycles. The van der Waals surface area contributed by atoms with Gasteiger partial charge in [0.15, 0.2) is 5.69 Å². The van der Waals surface area contributed by atoms with Gasteiger partial charge in [0, 0.05) is 12.5 Å². The van der Waals surface area contributed by atoms with Crippen LogP contribution in [0, 0.1) is 0 Å². The zero-order chi connectivity index (χ0) is 11.5. The predicted molar refractivity (Wildman–Crippen MR) is 58.5 cm³/mol. The summed E-state index contributed by atoms with van der Waals surface area (Å²) in [6.45, 7) is 2.94. The molecule has 0 radical (unpaired) electrons. The van der Waals surface area contributed by atoms with E-state index in [-0.39, 0.29) is 5.69 Å². The third-order valence-corrected chi connectivity index (χ3v) is 2.91. The molecule has 5 heteroatoms. The van der Waals surface area contributed by atoms with Crippen molar-refractivity contribution < 1.29 is 9.90 Å². The van der Waals surface area contributed by atoms with Crippen LogP contribution in [0.25, 0.3) is 0 Å². The van der Waals surface area contributed by atoms with Gasteiger partial charge in [-0.3, -0.25) is 0 Å². The van der Waals surface area contributed by atoms with E-state index < -0.39 is 5.97 Å². The van der Waals surface area contributed by atoms with Gasteiger partial charge in [0.1, 0.15) is 0 Å². The van der Waals surface area contributed by atoms with Crippen molar-refractivity contribution in [1.82, 2.24) is 15.0 Å². The van der Waals surface area contributed by atoms with E-state index in [1.54, 1.807) is 4.68 Å². The van der Waals surface area contributed by atoms with E-state index in [0.717, 1.165) is 44.3 Å². The summed E-state index contributed by atoms with van der Waals surface area (Å²) in [5.74, 6) is -0.577. The Morgan fingerprint density at radius 3 is 2.81 bits per heavy atom. The second-order valence-electron chi connectivity index (χ2n) is 4.33. The van der Waals surface area contributed by atoms with E-state index in [4.69, 9.17) is 5.11 Å². The molecule has 2 rings (SSSR count). The highest BCUT2D eigenvalue weighted by Crippen LogP contribution is 2.41. The minimum Gasteiger partial charge on any atom is -0.476 e. The average molecular weight is 223 g/mol. The van der Waals surface area contributed by atoms with Crippen molar-refractivity contribution in [3.05, 3.63) is 11.4 Å². The molecule has 0 aromatic carbocycles. The smallest absolute Gasteiger partial charge is 0.358 e. The minimum absolute atomic E-state index is 0.152. The highest BCUT2D eigenvalue weighted by Gasteiger charge is 2.33. The largest absolute Gasteiger partial charge is 0.476 e. The maximum absolute atomic E-state index is 11.0. The number of aromatic carboxylic acids is 1. The summed E-state index contributed by atoms with van der Waals surface area (Å²) in [5, 5.41) is 16.7. The SMILES string of the molecule is CCCCCn1nnc(C(=O)O)c1C1CC1. The summed E-state index contributed by atoms with van der Waals surface area (Å²) in [6.07, 6.45) is 5.48. The molecule has 0 saturated heterocycles. The molecule has 1 aliphatic carbocycles. The van der Waals surface area contributed by atoms with Crippen LogP contribution < -0.4 is 0 Å². The molecule has 0 bridgehead atoms. The monoisotopic (exact) mass is 223 g/mol. The lowest BCUT2D eigenvalue weighted by Gasteiger charge is -2.04. The highest BCUT2D eigenvalue weighted by atomic mass is 16.4. The Morgan fingerprint density at radius 2 is 2.25 bits per heavy atom. The molecule has 0 spiro atoms. The fourth-order valence-corrected chi connectivity index (χ4v) is 1.91. The van der Waals surface area contributed by atoms with Crippen LogP contribution in [-0.4, -0.2) is 26.1 Å². The van der Waals surface area contributed by atoms with Gasteiger partial charge in [0.2, 0.25) is 0 Å². The summed E-state index contributed by atoms with van der Waals surface area (Å²) in [7, 11) is 0. The third kappa shape index (κ3) is 2.23.